The van der Waals surface area contributed by atoms with Gasteiger partial charge < -0.3 is 14.3 Å². The van der Waals surface area contributed by atoms with E-state index in [1.807, 2.05) is 61.5 Å². The molecule has 1 N–H and O–H groups in total. The van der Waals surface area contributed by atoms with Crippen molar-refractivity contribution < 1.29 is 9.21 Å². The fraction of sp³-hybridized carbons (Fsp3) is 0.120. The Balaban J connectivity index is 1.69. The molecule has 2 aromatic carbocycles. The summed E-state index contributed by atoms with van der Waals surface area (Å²) in [6.07, 6.45) is 3.20. The van der Waals surface area contributed by atoms with Crippen molar-refractivity contribution in [3.05, 3.63) is 100 Å². The number of halogens is 1. The van der Waals surface area contributed by atoms with Crippen LogP contribution in [-0.4, -0.2) is 10.5 Å². The molecule has 31 heavy (non-hydrogen) atoms. The molecule has 0 aliphatic carbocycles. The van der Waals surface area contributed by atoms with E-state index in [0.717, 1.165) is 27.7 Å². The van der Waals surface area contributed by atoms with Crippen molar-refractivity contribution in [1.29, 1.82) is 5.26 Å². The lowest BCUT2D eigenvalue weighted by Crippen LogP contribution is -2.23. The molecule has 2 heterocycles. The van der Waals surface area contributed by atoms with Gasteiger partial charge in [0, 0.05) is 33.7 Å². The number of nitrogens with zero attached hydrogens (tertiary/aromatic N) is 2. The van der Waals surface area contributed by atoms with Gasteiger partial charge in [-0.2, -0.15) is 5.26 Å². The molecule has 0 atom stereocenters. The van der Waals surface area contributed by atoms with Crippen molar-refractivity contribution in [2.45, 2.75) is 20.0 Å². The summed E-state index contributed by atoms with van der Waals surface area (Å²) in [5, 5.41) is 14.0. The highest BCUT2D eigenvalue weighted by Crippen LogP contribution is 2.29. The molecule has 0 saturated heterocycles. The number of para-hydroxylation sites is 1. The Bertz CT molecular complexity index is 1290. The first-order valence-electron chi connectivity index (χ1n) is 9.81. The number of hydrogen-bond donors (Lipinski definition) is 1. The highest BCUT2D eigenvalue weighted by atomic mass is 35.5. The predicted molar refractivity (Wildman–Crippen MR) is 121 cm³/mol. The lowest BCUT2D eigenvalue weighted by molar-refractivity contribution is -0.117. The highest BCUT2D eigenvalue weighted by molar-refractivity contribution is 6.30. The Morgan fingerprint density at radius 3 is 2.65 bits per heavy atom. The maximum Gasteiger partial charge on any atom is 0.262 e. The van der Waals surface area contributed by atoms with Gasteiger partial charge in [-0.05, 0) is 48.9 Å². The Hall–Kier alpha value is -3.75. The van der Waals surface area contributed by atoms with Crippen LogP contribution in [0, 0.1) is 18.3 Å². The number of nitriles is 1. The third kappa shape index (κ3) is 4.40. The maximum absolute atomic E-state index is 12.6. The number of aromatic nitrogens is 1. The number of furan rings is 1. The fourth-order valence-electron chi connectivity index (χ4n) is 3.58. The third-order valence-corrected chi connectivity index (χ3v) is 5.44. The topological polar surface area (TPSA) is 71.0 Å². The van der Waals surface area contributed by atoms with Crippen molar-refractivity contribution >= 4 is 34.5 Å². The lowest BCUT2D eigenvalue weighted by Gasteiger charge is -2.09. The molecule has 0 spiro atoms. The lowest BCUT2D eigenvalue weighted by atomic mass is 10.1. The van der Waals surface area contributed by atoms with E-state index in [9.17, 15) is 10.1 Å². The number of nitrogens with one attached hydrogen (secondary N) is 1. The summed E-state index contributed by atoms with van der Waals surface area (Å²) in [5.74, 6) is 0.189. The van der Waals surface area contributed by atoms with E-state index < -0.39 is 5.91 Å². The second kappa shape index (κ2) is 8.95. The van der Waals surface area contributed by atoms with Crippen LogP contribution in [-0.2, 0) is 17.9 Å². The number of amides is 1. The molecule has 4 rings (SSSR count). The number of carbonyl (C=O) groups is 1. The van der Waals surface area contributed by atoms with Crippen molar-refractivity contribution in [2.75, 3.05) is 0 Å². The van der Waals surface area contributed by atoms with Crippen LogP contribution in [0.2, 0.25) is 5.02 Å². The highest BCUT2D eigenvalue weighted by Gasteiger charge is 2.16. The zero-order valence-electron chi connectivity index (χ0n) is 16.9. The van der Waals surface area contributed by atoms with E-state index in [0.29, 0.717) is 17.3 Å². The number of fused-ring (bicyclic) bond motifs is 1. The van der Waals surface area contributed by atoms with Gasteiger partial charge in [-0.25, -0.2) is 0 Å². The van der Waals surface area contributed by atoms with Crippen LogP contribution in [0.15, 0.2) is 76.9 Å². The molecular formula is C25H20ClN3O2. The SMILES string of the molecule is Cc1c(/C=C(\C#N)C(=O)NCc2ccco2)c2ccccc2n1Cc1ccc(Cl)cc1. The van der Waals surface area contributed by atoms with Gasteiger partial charge in [-0.3, -0.25) is 4.79 Å². The summed E-state index contributed by atoms with van der Waals surface area (Å²) in [6, 6.07) is 21.3. The number of rotatable bonds is 6. The average Bonchev–Trinajstić information content (AvgIpc) is 3.39. The second-order valence-electron chi connectivity index (χ2n) is 7.16. The molecule has 0 aliphatic heterocycles. The molecular weight excluding hydrogens is 410 g/mol. The minimum Gasteiger partial charge on any atom is -0.467 e. The quantitative estimate of drug-likeness (QED) is 0.326. The molecule has 0 radical (unpaired) electrons. The van der Waals surface area contributed by atoms with Crippen LogP contribution in [0.3, 0.4) is 0 Å². The Kier molecular flexibility index (Phi) is 5.92. The van der Waals surface area contributed by atoms with Crippen molar-refractivity contribution in [3.63, 3.8) is 0 Å². The van der Waals surface area contributed by atoms with Crippen LogP contribution in [0.4, 0.5) is 0 Å². The van der Waals surface area contributed by atoms with E-state index in [1.54, 1.807) is 24.5 Å². The minimum atomic E-state index is -0.437. The normalized spacial score (nSPS) is 11.5. The minimum absolute atomic E-state index is 0.0454. The van der Waals surface area contributed by atoms with Gasteiger partial charge >= 0.3 is 0 Å². The Morgan fingerprint density at radius 2 is 1.94 bits per heavy atom. The molecule has 0 aliphatic rings. The molecule has 6 heteroatoms. The standard InChI is InChI=1S/C25H20ClN3O2/c1-17-23(13-19(14-27)25(30)28-15-21-5-4-12-31-21)22-6-2-3-7-24(22)29(17)16-18-8-10-20(26)11-9-18/h2-13H,15-16H2,1H3,(H,28,30)/b19-13+. The number of benzene rings is 2. The van der Waals surface area contributed by atoms with Gasteiger partial charge in [-0.15, -0.1) is 0 Å². The zero-order valence-corrected chi connectivity index (χ0v) is 17.7. The summed E-state index contributed by atoms with van der Waals surface area (Å²) in [6.45, 7) is 2.88. The summed E-state index contributed by atoms with van der Waals surface area (Å²) in [4.78, 5) is 12.6. The molecule has 4 aromatic rings. The fourth-order valence-corrected chi connectivity index (χ4v) is 3.71. The largest absolute Gasteiger partial charge is 0.467 e. The van der Waals surface area contributed by atoms with Crippen LogP contribution >= 0.6 is 11.6 Å². The predicted octanol–water partition coefficient (Wildman–Crippen LogP) is 5.47. The van der Waals surface area contributed by atoms with E-state index in [-0.39, 0.29) is 12.1 Å². The van der Waals surface area contributed by atoms with Crippen LogP contribution < -0.4 is 5.32 Å². The molecule has 0 bridgehead atoms. The first-order chi connectivity index (χ1) is 15.1. The molecule has 2 aromatic heterocycles. The van der Waals surface area contributed by atoms with Crippen molar-refractivity contribution in [2.24, 2.45) is 0 Å². The van der Waals surface area contributed by atoms with Gasteiger partial charge in [0.1, 0.15) is 17.4 Å². The van der Waals surface area contributed by atoms with Crippen LogP contribution in [0.1, 0.15) is 22.6 Å². The monoisotopic (exact) mass is 429 g/mol. The van der Waals surface area contributed by atoms with E-state index in [1.165, 1.54) is 0 Å². The summed E-state index contributed by atoms with van der Waals surface area (Å²) < 4.78 is 7.41. The Morgan fingerprint density at radius 1 is 1.16 bits per heavy atom. The second-order valence-corrected chi connectivity index (χ2v) is 7.60. The van der Waals surface area contributed by atoms with Gasteiger partial charge in [0.15, 0.2) is 0 Å². The summed E-state index contributed by atoms with van der Waals surface area (Å²) in [5.41, 5.74) is 4.02. The smallest absolute Gasteiger partial charge is 0.262 e. The molecule has 0 fully saturated rings. The van der Waals surface area contributed by atoms with Crippen LogP contribution in [0.5, 0.6) is 0 Å². The average molecular weight is 430 g/mol. The summed E-state index contributed by atoms with van der Waals surface area (Å²) in [7, 11) is 0. The molecule has 0 saturated carbocycles. The van der Waals surface area contributed by atoms with E-state index >= 15 is 0 Å². The third-order valence-electron chi connectivity index (χ3n) is 5.19. The van der Waals surface area contributed by atoms with Gasteiger partial charge in [-0.1, -0.05) is 41.9 Å². The van der Waals surface area contributed by atoms with Crippen LogP contribution in [0.25, 0.3) is 17.0 Å². The number of hydrogen-bond acceptors (Lipinski definition) is 3. The van der Waals surface area contributed by atoms with Crippen molar-refractivity contribution in [3.8, 4) is 6.07 Å². The molecule has 0 unspecified atom stereocenters. The Labute approximate surface area is 185 Å². The molecule has 154 valence electrons. The maximum atomic E-state index is 12.6. The van der Waals surface area contributed by atoms with E-state index in [4.69, 9.17) is 16.0 Å². The van der Waals surface area contributed by atoms with Gasteiger partial charge in [0.05, 0.1) is 12.8 Å². The first kappa shape index (κ1) is 20.5. The molecule has 5 nitrogen and oxygen atoms in total. The van der Waals surface area contributed by atoms with Crippen molar-refractivity contribution in [1.82, 2.24) is 9.88 Å². The number of carbonyl (C=O) groups excluding carboxylic acids is 1. The first-order valence-corrected chi connectivity index (χ1v) is 10.2. The zero-order chi connectivity index (χ0) is 21.8. The molecule has 1 amide bonds. The van der Waals surface area contributed by atoms with E-state index in [2.05, 4.69) is 9.88 Å². The summed E-state index contributed by atoms with van der Waals surface area (Å²) >= 11 is 6.02. The van der Waals surface area contributed by atoms with Gasteiger partial charge in [0.2, 0.25) is 0 Å². The van der Waals surface area contributed by atoms with Gasteiger partial charge in [0.25, 0.3) is 5.91 Å².